The topological polar surface area (TPSA) is 119 Å². The third kappa shape index (κ3) is 9.07. The first kappa shape index (κ1) is 33.3. The summed E-state index contributed by atoms with van der Waals surface area (Å²) >= 11 is 11.4. The molecule has 220 valence electrons. The van der Waals surface area contributed by atoms with Gasteiger partial charge in [-0.3, -0.25) is 14.9 Å². The van der Waals surface area contributed by atoms with Gasteiger partial charge in [0.05, 0.1) is 22.1 Å². The molecule has 0 saturated heterocycles. The summed E-state index contributed by atoms with van der Waals surface area (Å²) in [4.78, 5) is 34.5. The fourth-order valence-corrected chi connectivity index (χ4v) is 4.01. The van der Waals surface area contributed by atoms with Gasteiger partial charge in [0, 0.05) is 31.5 Å². The lowest BCUT2D eigenvalue weighted by Crippen LogP contribution is -2.35. The number of nitro benzene ring substituents is 1. The summed E-state index contributed by atoms with van der Waals surface area (Å²) in [5.74, 6) is -1.95. The molecular formula is C27H25Cl2F3N2O7. The van der Waals surface area contributed by atoms with Crippen molar-refractivity contribution in [3.63, 3.8) is 0 Å². The minimum absolute atomic E-state index is 0.0164. The molecule has 0 saturated carbocycles. The number of benzene rings is 3. The number of carbonyl (C=O) groups is 2. The van der Waals surface area contributed by atoms with Gasteiger partial charge in [-0.05, 0) is 49.2 Å². The van der Waals surface area contributed by atoms with Crippen molar-refractivity contribution in [3.05, 3.63) is 92.0 Å². The summed E-state index contributed by atoms with van der Waals surface area (Å²) in [6, 6.07) is 11.2. The first-order valence-electron chi connectivity index (χ1n) is 11.7. The summed E-state index contributed by atoms with van der Waals surface area (Å²) in [7, 11) is 1.62. The van der Waals surface area contributed by atoms with E-state index >= 15 is 0 Å². The zero-order valence-electron chi connectivity index (χ0n) is 22.0. The Bertz CT molecular complexity index is 1400. The largest absolute Gasteiger partial charge is 0.477 e. The van der Waals surface area contributed by atoms with Crippen molar-refractivity contribution in [1.82, 2.24) is 0 Å². The number of alkyl halides is 4. The van der Waals surface area contributed by atoms with Crippen LogP contribution in [0.4, 0.5) is 24.5 Å². The lowest BCUT2D eigenvalue weighted by molar-refractivity contribution is -0.385. The van der Waals surface area contributed by atoms with Crippen molar-refractivity contribution in [2.24, 2.45) is 0 Å². The average molecular weight is 617 g/mol. The smallest absolute Gasteiger partial charge is 0.416 e. The molecule has 3 rings (SSSR count). The number of amides is 1. The molecule has 3 aromatic rings. The zero-order chi connectivity index (χ0) is 30.9. The Balaban J connectivity index is 0.000000305. The van der Waals surface area contributed by atoms with E-state index in [1.165, 1.54) is 0 Å². The summed E-state index contributed by atoms with van der Waals surface area (Å²) in [5, 5.41) is 19.4. The van der Waals surface area contributed by atoms with Crippen LogP contribution in [0, 0.1) is 24.0 Å². The van der Waals surface area contributed by atoms with Gasteiger partial charge in [0.1, 0.15) is 22.9 Å². The highest BCUT2D eigenvalue weighted by Gasteiger charge is 2.31. The molecular weight excluding hydrogens is 592 g/mol. The van der Waals surface area contributed by atoms with Gasteiger partial charge in [-0.25, -0.2) is 4.79 Å². The second-order valence-electron chi connectivity index (χ2n) is 8.40. The number of methoxy groups -OCH3 is 1. The maximum atomic E-state index is 12.6. The number of anilines is 1. The minimum Gasteiger partial charge on any atom is -0.477 e. The maximum Gasteiger partial charge on any atom is 0.416 e. The van der Waals surface area contributed by atoms with E-state index in [0.29, 0.717) is 19.2 Å². The second-order valence-corrected chi connectivity index (χ2v) is 9.07. The molecule has 0 unspecified atom stereocenters. The Labute approximate surface area is 243 Å². The number of nitrogens with zero attached hydrogens (tertiary/aromatic N) is 2. The fraction of sp³-hybridized carbons (Fsp3) is 0.259. The maximum absolute atomic E-state index is 12.6. The van der Waals surface area contributed by atoms with Gasteiger partial charge in [-0.15, -0.1) is 11.6 Å². The van der Waals surface area contributed by atoms with E-state index in [1.807, 2.05) is 32.0 Å². The van der Waals surface area contributed by atoms with Crippen molar-refractivity contribution < 1.29 is 42.3 Å². The van der Waals surface area contributed by atoms with E-state index in [-0.39, 0.29) is 28.3 Å². The van der Waals surface area contributed by atoms with E-state index in [9.17, 15) is 32.9 Å². The molecule has 1 amide bonds. The van der Waals surface area contributed by atoms with Gasteiger partial charge in [0.15, 0.2) is 0 Å². The molecule has 0 spiro atoms. The Kier molecular flexibility index (Phi) is 11.9. The van der Waals surface area contributed by atoms with Gasteiger partial charge >= 0.3 is 12.1 Å². The fourth-order valence-electron chi connectivity index (χ4n) is 3.64. The number of aryl methyl sites for hydroxylation is 2. The van der Waals surface area contributed by atoms with Crippen molar-refractivity contribution in [2.75, 3.05) is 31.0 Å². The average Bonchev–Trinajstić information content (AvgIpc) is 2.90. The summed E-state index contributed by atoms with van der Waals surface area (Å²) in [5.41, 5.74) is 0.831. The Morgan fingerprint density at radius 3 is 2.20 bits per heavy atom. The lowest BCUT2D eigenvalue weighted by atomic mass is 10.1. The normalized spacial score (nSPS) is 10.8. The molecule has 0 aliphatic carbocycles. The number of aromatic carboxylic acids is 1. The number of hydrogen-bond acceptors (Lipinski definition) is 6. The van der Waals surface area contributed by atoms with Crippen molar-refractivity contribution in [2.45, 2.75) is 20.0 Å². The number of ether oxygens (including phenoxy) is 2. The number of nitro groups is 1. The van der Waals surface area contributed by atoms with Crippen LogP contribution in [-0.2, 0) is 15.7 Å². The van der Waals surface area contributed by atoms with Gasteiger partial charge in [-0.1, -0.05) is 29.8 Å². The number of halogens is 5. The van der Waals surface area contributed by atoms with Crippen molar-refractivity contribution in [3.8, 4) is 11.5 Å². The van der Waals surface area contributed by atoms with E-state index in [0.717, 1.165) is 47.1 Å². The van der Waals surface area contributed by atoms with Gasteiger partial charge in [0.25, 0.3) is 5.69 Å². The minimum atomic E-state index is -4.58. The Morgan fingerprint density at radius 1 is 1.07 bits per heavy atom. The zero-order valence-corrected chi connectivity index (χ0v) is 23.5. The van der Waals surface area contributed by atoms with Crippen LogP contribution in [0.1, 0.15) is 27.0 Å². The summed E-state index contributed by atoms with van der Waals surface area (Å²) in [6.07, 6.45) is -4.58. The number of carboxylic acids is 1. The standard InChI is InChI=1S/C14H7ClF3NO5.C13H18ClNO2/c15-10-5-7(14(16,17)18)1-4-12(10)24-8-2-3-11(19(22)23)9(6-8)13(20)21;1-10-5-4-6-11(2)13(10)15(7-8-17-3)12(16)9-14/h1-6H,(H,20,21);4-6H,7-9H2,1-3H3. The van der Waals surface area contributed by atoms with Crippen LogP contribution in [0.2, 0.25) is 5.02 Å². The van der Waals surface area contributed by atoms with E-state index in [4.69, 9.17) is 37.8 Å². The van der Waals surface area contributed by atoms with Gasteiger partial charge in [-0.2, -0.15) is 13.2 Å². The van der Waals surface area contributed by atoms with Crippen LogP contribution >= 0.6 is 23.2 Å². The van der Waals surface area contributed by atoms with Gasteiger partial charge < -0.3 is 19.5 Å². The first-order valence-corrected chi connectivity index (χ1v) is 12.6. The molecule has 9 nitrogen and oxygen atoms in total. The predicted octanol–water partition coefficient (Wildman–Crippen LogP) is 7.28. The van der Waals surface area contributed by atoms with E-state index in [2.05, 4.69) is 0 Å². The highest BCUT2D eigenvalue weighted by Crippen LogP contribution is 2.37. The SMILES string of the molecule is COCCN(C(=O)CCl)c1c(C)cccc1C.O=C(O)c1cc(Oc2ccc(C(F)(F)F)cc2Cl)ccc1[N+](=O)[O-]. The molecule has 41 heavy (non-hydrogen) atoms. The molecule has 0 fully saturated rings. The van der Waals surface area contributed by atoms with Crippen LogP contribution in [0.25, 0.3) is 0 Å². The first-order chi connectivity index (χ1) is 19.2. The predicted molar refractivity (Wildman–Crippen MR) is 147 cm³/mol. The van der Waals surface area contributed by atoms with Crippen LogP contribution in [0.15, 0.2) is 54.6 Å². The Morgan fingerprint density at radius 2 is 1.71 bits per heavy atom. The Hall–Kier alpha value is -3.87. The van der Waals surface area contributed by atoms with Crippen LogP contribution < -0.4 is 9.64 Å². The molecule has 0 atom stereocenters. The van der Waals surface area contributed by atoms with Crippen molar-refractivity contribution in [1.29, 1.82) is 0 Å². The molecule has 14 heteroatoms. The van der Waals surface area contributed by atoms with Crippen LogP contribution in [0.5, 0.6) is 11.5 Å². The third-order valence-electron chi connectivity index (χ3n) is 5.53. The molecule has 0 bridgehead atoms. The van der Waals surface area contributed by atoms with E-state index < -0.39 is 33.9 Å². The van der Waals surface area contributed by atoms with Crippen LogP contribution in [-0.4, -0.2) is 48.0 Å². The quantitative estimate of drug-likeness (QED) is 0.152. The lowest BCUT2D eigenvalue weighted by Gasteiger charge is -2.25. The summed E-state index contributed by atoms with van der Waals surface area (Å²) < 4.78 is 47.9. The number of hydrogen-bond donors (Lipinski definition) is 1. The number of rotatable bonds is 9. The highest BCUT2D eigenvalue weighted by molar-refractivity contribution is 6.32. The van der Waals surface area contributed by atoms with Gasteiger partial charge in [0.2, 0.25) is 5.91 Å². The second kappa shape index (κ2) is 14.7. The van der Waals surface area contributed by atoms with Crippen molar-refractivity contribution >= 4 is 46.5 Å². The molecule has 0 heterocycles. The number of carboxylic acid groups (broad SMARTS) is 1. The molecule has 0 aliphatic heterocycles. The monoisotopic (exact) mass is 616 g/mol. The molecule has 0 radical (unpaired) electrons. The number of carbonyl (C=O) groups excluding carboxylic acids is 1. The number of para-hydroxylation sites is 1. The third-order valence-corrected chi connectivity index (χ3v) is 6.05. The molecule has 0 aromatic heterocycles. The molecule has 3 aromatic carbocycles. The van der Waals surface area contributed by atoms with E-state index in [1.54, 1.807) is 12.0 Å². The molecule has 0 aliphatic rings. The highest BCUT2D eigenvalue weighted by atomic mass is 35.5. The summed E-state index contributed by atoms with van der Waals surface area (Å²) in [6.45, 7) is 5.00. The van der Waals surface area contributed by atoms with Crippen LogP contribution in [0.3, 0.4) is 0 Å². The molecule has 1 N–H and O–H groups in total.